The number of hydrogen-bond acceptors (Lipinski definition) is 3. The number of aryl methyl sites for hydroxylation is 4. The molecule has 0 aliphatic rings. The fourth-order valence-corrected chi connectivity index (χ4v) is 4.09. The van der Waals surface area contributed by atoms with Crippen molar-refractivity contribution < 1.29 is 4.92 Å². The Balaban J connectivity index is 1.88. The molecule has 0 unspecified atom stereocenters. The van der Waals surface area contributed by atoms with Gasteiger partial charge in [0, 0.05) is 23.3 Å². The molecule has 0 aliphatic heterocycles. The van der Waals surface area contributed by atoms with Crippen LogP contribution in [0.15, 0.2) is 60.7 Å². The fraction of sp³-hybridized carbons (Fsp3) is 0.192. The van der Waals surface area contributed by atoms with Gasteiger partial charge in [-0.1, -0.05) is 48.0 Å². The van der Waals surface area contributed by atoms with Crippen LogP contribution in [0.25, 0.3) is 22.5 Å². The molecule has 0 spiro atoms. The van der Waals surface area contributed by atoms with Gasteiger partial charge in [-0.2, -0.15) is 5.10 Å². The van der Waals surface area contributed by atoms with Crippen molar-refractivity contribution in [1.29, 1.82) is 0 Å². The molecule has 0 N–H and O–H groups in total. The molecule has 0 fully saturated rings. The highest BCUT2D eigenvalue weighted by Gasteiger charge is 2.20. The highest BCUT2D eigenvalue weighted by Crippen LogP contribution is 2.38. The molecule has 0 amide bonds. The van der Waals surface area contributed by atoms with Gasteiger partial charge in [0.25, 0.3) is 5.69 Å². The van der Waals surface area contributed by atoms with Crippen LogP contribution in [0.2, 0.25) is 5.02 Å². The van der Waals surface area contributed by atoms with Crippen LogP contribution in [0.1, 0.15) is 27.8 Å². The van der Waals surface area contributed by atoms with E-state index in [4.69, 9.17) is 16.7 Å². The number of nitro benzene ring substituents is 1. The average molecular weight is 446 g/mol. The summed E-state index contributed by atoms with van der Waals surface area (Å²) >= 11 is 6.94. The van der Waals surface area contributed by atoms with Gasteiger partial charge in [-0.05, 0) is 67.6 Å². The Morgan fingerprint density at radius 1 is 0.875 bits per heavy atom. The molecule has 0 saturated heterocycles. The molecule has 0 atom stereocenters. The molecule has 5 nitrogen and oxygen atoms in total. The molecular weight excluding hydrogens is 422 g/mol. The van der Waals surface area contributed by atoms with E-state index < -0.39 is 0 Å². The van der Waals surface area contributed by atoms with Gasteiger partial charge in [0.2, 0.25) is 0 Å². The zero-order chi connectivity index (χ0) is 23.0. The molecule has 0 aliphatic carbocycles. The van der Waals surface area contributed by atoms with Gasteiger partial charge in [0.05, 0.1) is 22.2 Å². The molecule has 0 saturated carbocycles. The summed E-state index contributed by atoms with van der Waals surface area (Å²) in [6.07, 6.45) is 0. The summed E-state index contributed by atoms with van der Waals surface area (Å²) in [6.45, 7) is 8.65. The summed E-state index contributed by atoms with van der Waals surface area (Å²) in [5.41, 5.74) is 8.99. The second-order valence-corrected chi connectivity index (χ2v) is 8.57. The lowest BCUT2D eigenvalue weighted by atomic mass is 10.0. The quantitative estimate of drug-likeness (QED) is 0.244. The first-order valence-corrected chi connectivity index (χ1v) is 10.8. The van der Waals surface area contributed by atoms with E-state index in [9.17, 15) is 10.1 Å². The first-order chi connectivity index (χ1) is 15.2. The van der Waals surface area contributed by atoms with Gasteiger partial charge in [-0.15, -0.1) is 0 Å². The van der Waals surface area contributed by atoms with Crippen molar-refractivity contribution in [1.82, 2.24) is 9.78 Å². The maximum Gasteiger partial charge on any atom is 0.269 e. The minimum Gasteiger partial charge on any atom is -0.258 e. The first-order valence-electron chi connectivity index (χ1n) is 10.4. The first kappa shape index (κ1) is 21.8. The van der Waals surface area contributed by atoms with E-state index in [1.54, 1.807) is 12.1 Å². The Kier molecular flexibility index (Phi) is 5.85. The Morgan fingerprint density at radius 3 is 2.12 bits per heavy atom. The van der Waals surface area contributed by atoms with E-state index in [1.165, 1.54) is 22.8 Å². The third kappa shape index (κ3) is 4.16. The summed E-state index contributed by atoms with van der Waals surface area (Å²) in [5, 5.41) is 16.7. The SMILES string of the molecule is Cc1ccc(-c2nn(Cc3cccc([N+](=O)[O-])c3)c(-c3ccc(C)c(C)c3)c2Cl)cc1C. The van der Waals surface area contributed by atoms with Crippen molar-refractivity contribution in [3.8, 4) is 22.5 Å². The molecule has 6 heteroatoms. The zero-order valence-corrected chi connectivity index (χ0v) is 19.3. The number of non-ortho nitro benzene ring substituents is 1. The maximum atomic E-state index is 11.2. The molecule has 0 radical (unpaired) electrons. The lowest BCUT2D eigenvalue weighted by Crippen LogP contribution is -2.05. The third-order valence-electron chi connectivity index (χ3n) is 5.91. The second-order valence-electron chi connectivity index (χ2n) is 8.19. The number of nitro groups is 1. The van der Waals surface area contributed by atoms with Crippen LogP contribution in [0.5, 0.6) is 0 Å². The highest BCUT2D eigenvalue weighted by molar-refractivity contribution is 6.35. The summed E-state index contributed by atoms with van der Waals surface area (Å²) in [7, 11) is 0. The van der Waals surface area contributed by atoms with Crippen molar-refractivity contribution in [3.05, 3.63) is 104 Å². The van der Waals surface area contributed by atoms with Gasteiger partial charge in [-0.25, -0.2) is 0 Å². The molecule has 4 aromatic rings. The van der Waals surface area contributed by atoms with Crippen LogP contribution >= 0.6 is 11.6 Å². The van der Waals surface area contributed by atoms with E-state index >= 15 is 0 Å². The minimum atomic E-state index is -0.385. The van der Waals surface area contributed by atoms with Crippen LogP contribution in [0.4, 0.5) is 5.69 Å². The van der Waals surface area contributed by atoms with E-state index in [1.807, 2.05) is 22.9 Å². The minimum absolute atomic E-state index is 0.0582. The molecule has 0 bridgehead atoms. The maximum absolute atomic E-state index is 11.2. The fourth-order valence-electron chi connectivity index (χ4n) is 3.73. The number of rotatable bonds is 5. The Morgan fingerprint density at radius 2 is 1.50 bits per heavy atom. The lowest BCUT2D eigenvalue weighted by Gasteiger charge is -2.10. The van der Waals surface area contributed by atoms with Crippen LogP contribution in [-0.4, -0.2) is 14.7 Å². The third-order valence-corrected chi connectivity index (χ3v) is 6.27. The largest absolute Gasteiger partial charge is 0.269 e. The molecule has 1 aromatic heterocycles. The predicted molar refractivity (Wildman–Crippen MR) is 129 cm³/mol. The topological polar surface area (TPSA) is 61.0 Å². The number of halogens is 1. The zero-order valence-electron chi connectivity index (χ0n) is 18.5. The van der Waals surface area contributed by atoms with Crippen molar-refractivity contribution >= 4 is 17.3 Å². The van der Waals surface area contributed by atoms with Crippen molar-refractivity contribution in [3.63, 3.8) is 0 Å². The molecule has 4 rings (SSSR count). The van der Waals surface area contributed by atoms with E-state index in [0.29, 0.717) is 17.3 Å². The van der Waals surface area contributed by atoms with E-state index in [0.717, 1.165) is 27.9 Å². The van der Waals surface area contributed by atoms with Crippen LogP contribution in [0, 0.1) is 37.8 Å². The van der Waals surface area contributed by atoms with Crippen LogP contribution in [0.3, 0.4) is 0 Å². The highest BCUT2D eigenvalue weighted by atomic mass is 35.5. The van der Waals surface area contributed by atoms with Gasteiger partial charge in [-0.3, -0.25) is 14.8 Å². The van der Waals surface area contributed by atoms with E-state index in [-0.39, 0.29) is 10.6 Å². The summed E-state index contributed by atoms with van der Waals surface area (Å²) in [4.78, 5) is 10.8. The standard InChI is InChI=1S/C26H24ClN3O2/c1-16-8-10-21(12-18(16)3)25-24(27)26(22-11-9-17(2)19(4)13-22)29(28-25)15-20-6-5-7-23(14-20)30(31)32/h5-14H,15H2,1-4H3. The van der Waals surface area contributed by atoms with Gasteiger partial charge in [0.15, 0.2) is 0 Å². The van der Waals surface area contributed by atoms with E-state index in [2.05, 4.69) is 52.0 Å². The Hall–Kier alpha value is -3.44. The molecule has 1 heterocycles. The van der Waals surface area contributed by atoms with Crippen molar-refractivity contribution in [2.24, 2.45) is 0 Å². The normalized spacial score (nSPS) is 11.0. The Labute approximate surface area is 192 Å². The van der Waals surface area contributed by atoms with Crippen molar-refractivity contribution in [2.75, 3.05) is 0 Å². The Bertz CT molecular complexity index is 1340. The molecule has 162 valence electrons. The number of hydrogen-bond donors (Lipinski definition) is 0. The summed E-state index contributed by atoms with van der Waals surface area (Å²) < 4.78 is 1.84. The monoisotopic (exact) mass is 445 g/mol. The summed E-state index contributed by atoms with van der Waals surface area (Å²) in [6, 6.07) is 19.0. The summed E-state index contributed by atoms with van der Waals surface area (Å²) in [5.74, 6) is 0. The van der Waals surface area contributed by atoms with Crippen LogP contribution < -0.4 is 0 Å². The smallest absolute Gasteiger partial charge is 0.258 e. The predicted octanol–water partition coefficient (Wildman–Crippen LogP) is 7.06. The van der Waals surface area contributed by atoms with Crippen LogP contribution in [-0.2, 0) is 6.54 Å². The number of nitrogens with zero attached hydrogens (tertiary/aromatic N) is 3. The molecular formula is C26H24ClN3O2. The van der Waals surface area contributed by atoms with Gasteiger partial charge < -0.3 is 0 Å². The van der Waals surface area contributed by atoms with Gasteiger partial charge >= 0.3 is 0 Å². The average Bonchev–Trinajstić information content (AvgIpc) is 3.08. The second kappa shape index (κ2) is 8.60. The van der Waals surface area contributed by atoms with Crippen molar-refractivity contribution in [2.45, 2.75) is 34.2 Å². The number of aromatic nitrogens is 2. The molecule has 3 aromatic carbocycles. The molecule has 32 heavy (non-hydrogen) atoms. The number of benzene rings is 3. The van der Waals surface area contributed by atoms with Gasteiger partial charge in [0.1, 0.15) is 5.69 Å². The lowest BCUT2D eigenvalue weighted by molar-refractivity contribution is -0.384.